The standard InChI is InChI=1S/C16H15F2N3O/c17-12-7-14(18)15(20-9-12)16(22)21-13-3-1-10(2-4-13)11-5-6-19-8-11/h1-4,7,9,11,19H,5-6,8H2,(H,21,22). The highest BCUT2D eigenvalue weighted by Gasteiger charge is 2.17. The van der Waals surface area contributed by atoms with E-state index in [9.17, 15) is 13.6 Å². The molecule has 1 aliphatic rings. The summed E-state index contributed by atoms with van der Waals surface area (Å²) in [7, 11) is 0. The molecule has 1 saturated heterocycles. The zero-order valence-electron chi connectivity index (χ0n) is 11.8. The van der Waals surface area contributed by atoms with Gasteiger partial charge in [0.1, 0.15) is 5.82 Å². The molecule has 3 rings (SSSR count). The number of aromatic nitrogens is 1. The summed E-state index contributed by atoms with van der Waals surface area (Å²) in [5.74, 6) is -2.01. The third-order valence-corrected chi connectivity index (χ3v) is 3.72. The Labute approximate surface area is 126 Å². The van der Waals surface area contributed by atoms with E-state index in [4.69, 9.17) is 0 Å². The Bertz CT molecular complexity index is 682. The molecule has 0 spiro atoms. The summed E-state index contributed by atoms with van der Waals surface area (Å²) in [6.07, 6.45) is 1.91. The Morgan fingerprint density at radius 1 is 1.27 bits per heavy atom. The summed E-state index contributed by atoms with van der Waals surface area (Å²) in [5.41, 5.74) is 1.32. The van der Waals surface area contributed by atoms with E-state index in [1.807, 2.05) is 12.1 Å². The summed E-state index contributed by atoms with van der Waals surface area (Å²) < 4.78 is 26.3. The van der Waals surface area contributed by atoms with Gasteiger partial charge in [-0.05, 0) is 36.6 Å². The first-order chi connectivity index (χ1) is 10.6. The summed E-state index contributed by atoms with van der Waals surface area (Å²) in [5, 5.41) is 5.86. The lowest BCUT2D eigenvalue weighted by molar-refractivity contribution is 0.101. The molecule has 22 heavy (non-hydrogen) atoms. The van der Waals surface area contributed by atoms with Crippen molar-refractivity contribution >= 4 is 11.6 Å². The number of halogens is 2. The molecule has 1 aliphatic heterocycles. The van der Waals surface area contributed by atoms with Crippen molar-refractivity contribution in [3.05, 3.63) is 59.4 Å². The molecule has 2 heterocycles. The maximum atomic E-state index is 13.5. The molecule has 1 fully saturated rings. The second-order valence-electron chi connectivity index (χ2n) is 5.25. The number of carbonyl (C=O) groups excluding carboxylic acids is 1. The largest absolute Gasteiger partial charge is 0.321 e. The Morgan fingerprint density at radius 2 is 2.05 bits per heavy atom. The number of rotatable bonds is 3. The topological polar surface area (TPSA) is 54.0 Å². The highest BCUT2D eigenvalue weighted by atomic mass is 19.1. The number of carbonyl (C=O) groups is 1. The molecule has 2 N–H and O–H groups in total. The van der Waals surface area contributed by atoms with E-state index in [2.05, 4.69) is 15.6 Å². The van der Waals surface area contributed by atoms with Gasteiger partial charge in [-0.15, -0.1) is 0 Å². The number of pyridine rings is 1. The molecule has 114 valence electrons. The lowest BCUT2D eigenvalue weighted by Crippen LogP contribution is -2.16. The van der Waals surface area contributed by atoms with Crippen LogP contribution in [0.3, 0.4) is 0 Å². The molecular formula is C16H15F2N3O. The van der Waals surface area contributed by atoms with Gasteiger partial charge in [0.05, 0.1) is 6.20 Å². The van der Waals surface area contributed by atoms with Crippen LogP contribution < -0.4 is 10.6 Å². The highest BCUT2D eigenvalue weighted by Crippen LogP contribution is 2.23. The number of nitrogens with zero attached hydrogens (tertiary/aromatic N) is 1. The van der Waals surface area contributed by atoms with E-state index in [0.29, 0.717) is 17.7 Å². The first-order valence-electron chi connectivity index (χ1n) is 7.06. The summed E-state index contributed by atoms with van der Waals surface area (Å²) in [6.45, 7) is 1.97. The zero-order valence-corrected chi connectivity index (χ0v) is 11.8. The van der Waals surface area contributed by atoms with E-state index in [-0.39, 0.29) is 0 Å². The Morgan fingerprint density at radius 3 is 2.68 bits per heavy atom. The van der Waals surface area contributed by atoms with E-state index < -0.39 is 23.2 Å². The van der Waals surface area contributed by atoms with Crippen LogP contribution in [0.25, 0.3) is 0 Å². The fourth-order valence-electron chi connectivity index (χ4n) is 2.55. The molecule has 0 aliphatic carbocycles. The molecule has 1 unspecified atom stereocenters. The first kappa shape index (κ1) is 14.6. The van der Waals surface area contributed by atoms with Crippen molar-refractivity contribution in [2.24, 2.45) is 0 Å². The van der Waals surface area contributed by atoms with Crippen molar-refractivity contribution in [3.8, 4) is 0 Å². The van der Waals surface area contributed by atoms with Crippen molar-refractivity contribution in [2.75, 3.05) is 18.4 Å². The van der Waals surface area contributed by atoms with Crippen molar-refractivity contribution in [1.29, 1.82) is 0 Å². The van der Waals surface area contributed by atoms with Crippen LogP contribution in [-0.4, -0.2) is 24.0 Å². The summed E-state index contributed by atoms with van der Waals surface area (Å²) in [6, 6.07) is 8.07. The molecular weight excluding hydrogens is 288 g/mol. The van der Waals surface area contributed by atoms with Gasteiger partial charge in [-0.1, -0.05) is 12.1 Å². The van der Waals surface area contributed by atoms with Crippen LogP contribution in [-0.2, 0) is 0 Å². The van der Waals surface area contributed by atoms with Crippen LogP contribution in [0.2, 0.25) is 0 Å². The monoisotopic (exact) mass is 303 g/mol. The maximum absolute atomic E-state index is 13.5. The molecule has 2 aromatic rings. The van der Waals surface area contributed by atoms with Crippen LogP contribution in [0.15, 0.2) is 36.5 Å². The van der Waals surface area contributed by atoms with Crippen molar-refractivity contribution in [1.82, 2.24) is 10.3 Å². The van der Waals surface area contributed by atoms with Gasteiger partial charge < -0.3 is 10.6 Å². The predicted molar refractivity (Wildman–Crippen MR) is 78.8 cm³/mol. The summed E-state index contributed by atoms with van der Waals surface area (Å²) in [4.78, 5) is 15.4. The number of amides is 1. The lowest BCUT2D eigenvalue weighted by Gasteiger charge is -2.10. The fraction of sp³-hybridized carbons (Fsp3) is 0.250. The lowest BCUT2D eigenvalue weighted by atomic mass is 9.98. The van der Waals surface area contributed by atoms with Gasteiger partial charge in [-0.25, -0.2) is 13.8 Å². The molecule has 1 amide bonds. The molecule has 0 saturated carbocycles. The normalized spacial score (nSPS) is 17.5. The molecule has 1 aromatic heterocycles. The van der Waals surface area contributed by atoms with Crippen LogP contribution >= 0.6 is 0 Å². The number of nitrogens with one attached hydrogen (secondary N) is 2. The van der Waals surface area contributed by atoms with Crippen molar-refractivity contribution < 1.29 is 13.6 Å². The van der Waals surface area contributed by atoms with E-state index in [1.165, 1.54) is 5.56 Å². The minimum atomic E-state index is -0.980. The number of hydrogen-bond acceptors (Lipinski definition) is 3. The molecule has 0 radical (unpaired) electrons. The van der Waals surface area contributed by atoms with Gasteiger partial charge in [0, 0.05) is 18.3 Å². The average molecular weight is 303 g/mol. The Hall–Kier alpha value is -2.34. The fourth-order valence-corrected chi connectivity index (χ4v) is 2.55. The van der Waals surface area contributed by atoms with Crippen LogP contribution in [0, 0.1) is 11.6 Å². The van der Waals surface area contributed by atoms with Crippen LogP contribution in [0.5, 0.6) is 0 Å². The van der Waals surface area contributed by atoms with Crippen LogP contribution in [0.1, 0.15) is 28.4 Å². The minimum Gasteiger partial charge on any atom is -0.321 e. The zero-order chi connectivity index (χ0) is 15.5. The van der Waals surface area contributed by atoms with E-state index in [1.54, 1.807) is 12.1 Å². The van der Waals surface area contributed by atoms with Crippen molar-refractivity contribution in [3.63, 3.8) is 0 Å². The molecule has 6 heteroatoms. The van der Waals surface area contributed by atoms with Crippen LogP contribution in [0.4, 0.5) is 14.5 Å². The quantitative estimate of drug-likeness (QED) is 0.916. The smallest absolute Gasteiger partial charge is 0.277 e. The number of anilines is 1. The molecule has 1 aromatic carbocycles. The van der Waals surface area contributed by atoms with Gasteiger partial charge in [0.25, 0.3) is 5.91 Å². The first-order valence-corrected chi connectivity index (χ1v) is 7.06. The summed E-state index contributed by atoms with van der Waals surface area (Å²) >= 11 is 0. The number of benzene rings is 1. The minimum absolute atomic E-state index is 0.425. The van der Waals surface area contributed by atoms with E-state index in [0.717, 1.165) is 25.7 Å². The SMILES string of the molecule is O=C(Nc1ccc(C2CCNC2)cc1)c1ncc(F)cc1F. The predicted octanol–water partition coefficient (Wildman–Crippen LogP) is 2.69. The molecule has 0 bridgehead atoms. The van der Waals surface area contributed by atoms with Gasteiger partial charge in [0.15, 0.2) is 11.5 Å². The van der Waals surface area contributed by atoms with E-state index >= 15 is 0 Å². The average Bonchev–Trinajstić information content (AvgIpc) is 3.02. The molecule has 1 atom stereocenters. The molecule has 4 nitrogen and oxygen atoms in total. The third kappa shape index (κ3) is 3.12. The Kier molecular flexibility index (Phi) is 4.11. The number of hydrogen-bond donors (Lipinski definition) is 2. The second-order valence-corrected chi connectivity index (χ2v) is 5.25. The van der Waals surface area contributed by atoms with Gasteiger partial charge in [-0.3, -0.25) is 4.79 Å². The third-order valence-electron chi connectivity index (χ3n) is 3.72. The van der Waals surface area contributed by atoms with Gasteiger partial charge >= 0.3 is 0 Å². The van der Waals surface area contributed by atoms with Gasteiger partial charge in [0.2, 0.25) is 0 Å². The highest BCUT2D eigenvalue weighted by molar-refractivity contribution is 6.03. The van der Waals surface area contributed by atoms with Crippen molar-refractivity contribution in [2.45, 2.75) is 12.3 Å². The second kappa shape index (κ2) is 6.19. The Balaban J connectivity index is 1.71. The van der Waals surface area contributed by atoms with Gasteiger partial charge in [-0.2, -0.15) is 0 Å². The maximum Gasteiger partial charge on any atom is 0.277 e.